The minimum absolute atomic E-state index is 0.0266. The van der Waals surface area contributed by atoms with E-state index in [2.05, 4.69) is 29.2 Å². The van der Waals surface area contributed by atoms with Crippen molar-refractivity contribution in [1.82, 2.24) is 4.90 Å². The first kappa shape index (κ1) is 12.9. The van der Waals surface area contributed by atoms with Crippen LogP contribution in [0.4, 0.5) is 5.69 Å². The number of likely N-dealkylation sites (N-methyl/N-ethyl adjacent to an activating group) is 1. The number of hydrogen-bond acceptors (Lipinski definition) is 3. The number of hydrogen-bond donors (Lipinski definition) is 1. The molecule has 1 aromatic rings. The van der Waals surface area contributed by atoms with Crippen molar-refractivity contribution in [2.24, 2.45) is 5.73 Å². The van der Waals surface area contributed by atoms with E-state index in [1.807, 2.05) is 25.9 Å². The van der Waals surface area contributed by atoms with Crippen LogP contribution in [0.5, 0.6) is 0 Å². The van der Waals surface area contributed by atoms with E-state index in [0.717, 1.165) is 11.3 Å². The third-order valence-corrected chi connectivity index (χ3v) is 3.56. The molecule has 18 heavy (non-hydrogen) atoms. The second kappa shape index (κ2) is 4.98. The number of carbonyl (C=O) groups is 1. The van der Waals surface area contributed by atoms with Crippen molar-refractivity contribution in [2.75, 3.05) is 25.5 Å². The molecule has 0 bridgehead atoms. The summed E-state index contributed by atoms with van der Waals surface area (Å²) in [5.41, 5.74) is 8.37. The molecule has 0 unspecified atom stereocenters. The number of anilines is 1. The highest BCUT2D eigenvalue weighted by Crippen LogP contribution is 2.32. The Morgan fingerprint density at radius 2 is 1.94 bits per heavy atom. The van der Waals surface area contributed by atoms with Crippen LogP contribution in [0.2, 0.25) is 0 Å². The number of amides is 1. The minimum atomic E-state index is -0.0948. The number of nitrogens with zero attached hydrogens (tertiary/aromatic N) is 2. The van der Waals surface area contributed by atoms with Crippen LogP contribution in [0.1, 0.15) is 24.9 Å². The fourth-order valence-corrected chi connectivity index (χ4v) is 2.59. The van der Waals surface area contributed by atoms with Crippen molar-refractivity contribution in [3.8, 4) is 0 Å². The number of rotatable bonds is 3. The molecule has 4 heteroatoms. The Hall–Kier alpha value is -1.55. The standard InChI is InChI=1S/C14H21N3O/c1-4-17-13(18)9-12(15)14(17)10-5-7-11(8-6-10)16(2)3/h5-8,12,14H,4,9,15H2,1-3H3/t12-,14+/m0/s1. The molecule has 4 nitrogen and oxygen atoms in total. The smallest absolute Gasteiger partial charge is 0.224 e. The Balaban J connectivity index is 2.27. The highest BCUT2D eigenvalue weighted by molar-refractivity contribution is 5.80. The topological polar surface area (TPSA) is 49.6 Å². The first-order chi connectivity index (χ1) is 8.54. The fraction of sp³-hybridized carbons (Fsp3) is 0.500. The van der Waals surface area contributed by atoms with Crippen molar-refractivity contribution in [3.63, 3.8) is 0 Å². The summed E-state index contributed by atoms with van der Waals surface area (Å²) >= 11 is 0. The van der Waals surface area contributed by atoms with Crippen LogP contribution < -0.4 is 10.6 Å². The zero-order valence-corrected chi connectivity index (χ0v) is 11.3. The largest absolute Gasteiger partial charge is 0.378 e. The minimum Gasteiger partial charge on any atom is -0.378 e. The maximum atomic E-state index is 11.8. The van der Waals surface area contributed by atoms with Gasteiger partial charge in [-0.3, -0.25) is 4.79 Å². The van der Waals surface area contributed by atoms with Gasteiger partial charge in [0.1, 0.15) is 0 Å². The molecule has 1 saturated heterocycles. The van der Waals surface area contributed by atoms with Crippen molar-refractivity contribution in [1.29, 1.82) is 0 Å². The molecule has 0 spiro atoms. The molecular formula is C14H21N3O. The van der Waals surface area contributed by atoms with Crippen LogP contribution in [0, 0.1) is 0 Å². The molecule has 98 valence electrons. The normalized spacial score (nSPS) is 23.6. The molecule has 1 fully saturated rings. The molecule has 1 aliphatic rings. The van der Waals surface area contributed by atoms with E-state index < -0.39 is 0 Å². The Bertz CT molecular complexity index is 427. The van der Waals surface area contributed by atoms with Crippen LogP contribution in [0.3, 0.4) is 0 Å². The van der Waals surface area contributed by atoms with Gasteiger partial charge in [-0.1, -0.05) is 12.1 Å². The van der Waals surface area contributed by atoms with Gasteiger partial charge in [-0.15, -0.1) is 0 Å². The lowest BCUT2D eigenvalue weighted by Crippen LogP contribution is -2.32. The molecular weight excluding hydrogens is 226 g/mol. The molecule has 1 heterocycles. The van der Waals surface area contributed by atoms with Crippen LogP contribution >= 0.6 is 0 Å². The van der Waals surface area contributed by atoms with Crippen LogP contribution in [0.15, 0.2) is 24.3 Å². The third kappa shape index (κ3) is 2.20. The van der Waals surface area contributed by atoms with Gasteiger partial charge in [-0.2, -0.15) is 0 Å². The Morgan fingerprint density at radius 3 is 2.44 bits per heavy atom. The van der Waals surface area contributed by atoms with E-state index >= 15 is 0 Å². The number of carbonyl (C=O) groups excluding carboxylic acids is 1. The summed E-state index contributed by atoms with van der Waals surface area (Å²) in [7, 11) is 4.02. The van der Waals surface area contributed by atoms with Crippen LogP contribution in [0.25, 0.3) is 0 Å². The van der Waals surface area contributed by atoms with Gasteiger partial charge in [-0.05, 0) is 24.6 Å². The summed E-state index contributed by atoms with van der Waals surface area (Å²) in [5.74, 6) is 0.159. The quantitative estimate of drug-likeness (QED) is 0.877. The average Bonchev–Trinajstić information content (AvgIpc) is 2.63. The Kier molecular flexibility index (Phi) is 3.57. The SMILES string of the molecule is CCN1C(=O)C[C@H](N)[C@H]1c1ccc(N(C)C)cc1. The van der Waals surface area contributed by atoms with Gasteiger partial charge in [0.2, 0.25) is 5.91 Å². The Labute approximate surface area is 108 Å². The first-order valence-electron chi connectivity index (χ1n) is 6.37. The zero-order chi connectivity index (χ0) is 13.3. The average molecular weight is 247 g/mol. The lowest BCUT2D eigenvalue weighted by Gasteiger charge is -2.26. The predicted molar refractivity (Wildman–Crippen MR) is 73.5 cm³/mol. The summed E-state index contributed by atoms with van der Waals surface area (Å²) in [6.07, 6.45) is 0.452. The highest BCUT2D eigenvalue weighted by atomic mass is 16.2. The predicted octanol–water partition coefficient (Wildman–Crippen LogP) is 1.37. The van der Waals surface area contributed by atoms with E-state index in [4.69, 9.17) is 5.73 Å². The van der Waals surface area contributed by atoms with E-state index in [1.165, 1.54) is 0 Å². The van der Waals surface area contributed by atoms with Gasteiger partial charge in [0.15, 0.2) is 0 Å². The molecule has 1 amide bonds. The van der Waals surface area contributed by atoms with Gasteiger partial charge < -0.3 is 15.5 Å². The highest BCUT2D eigenvalue weighted by Gasteiger charge is 2.37. The van der Waals surface area contributed by atoms with E-state index in [1.54, 1.807) is 0 Å². The molecule has 0 aromatic heterocycles. The van der Waals surface area contributed by atoms with Gasteiger partial charge in [0, 0.05) is 38.8 Å². The second-order valence-electron chi connectivity index (χ2n) is 4.98. The molecule has 0 radical (unpaired) electrons. The van der Waals surface area contributed by atoms with Crippen molar-refractivity contribution < 1.29 is 4.79 Å². The van der Waals surface area contributed by atoms with Crippen LogP contribution in [-0.2, 0) is 4.79 Å². The van der Waals surface area contributed by atoms with E-state index in [9.17, 15) is 4.79 Å². The van der Waals surface area contributed by atoms with Gasteiger partial charge in [0.05, 0.1) is 6.04 Å². The Morgan fingerprint density at radius 1 is 1.33 bits per heavy atom. The molecule has 2 N–H and O–H groups in total. The second-order valence-corrected chi connectivity index (χ2v) is 4.98. The first-order valence-corrected chi connectivity index (χ1v) is 6.37. The summed E-state index contributed by atoms with van der Waals surface area (Å²) in [6.45, 7) is 2.71. The fourth-order valence-electron chi connectivity index (χ4n) is 2.59. The van der Waals surface area contributed by atoms with Gasteiger partial charge in [0.25, 0.3) is 0 Å². The van der Waals surface area contributed by atoms with Gasteiger partial charge >= 0.3 is 0 Å². The lowest BCUT2D eigenvalue weighted by molar-refractivity contribution is -0.128. The molecule has 2 rings (SSSR count). The number of likely N-dealkylation sites (tertiary alicyclic amines) is 1. The molecule has 1 aliphatic heterocycles. The van der Waals surface area contributed by atoms with Crippen molar-refractivity contribution >= 4 is 11.6 Å². The van der Waals surface area contributed by atoms with E-state index in [-0.39, 0.29) is 18.0 Å². The molecule has 0 aliphatic carbocycles. The summed E-state index contributed by atoms with van der Waals surface area (Å²) in [5, 5.41) is 0. The van der Waals surface area contributed by atoms with Crippen LogP contribution in [-0.4, -0.2) is 37.5 Å². The zero-order valence-electron chi connectivity index (χ0n) is 11.3. The maximum absolute atomic E-state index is 11.8. The van der Waals surface area contributed by atoms with E-state index in [0.29, 0.717) is 13.0 Å². The third-order valence-electron chi connectivity index (χ3n) is 3.56. The summed E-state index contributed by atoms with van der Waals surface area (Å²) < 4.78 is 0. The molecule has 2 atom stereocenters. The van der Waals surface area contributed by atoms with Crippen molar-refractivity contribution in [3.05, 3.63) is 29.8 Å². The maximum Gasteiger partial charge on any atom is 0.224 e. The monoisotopic (exact) mass is 247 g/mol. The lowest BCUT2D eigenvalue weighted by atomic mass is 10.0. The molecule has 0 saturated carbocycles. The molecule has 1 aromatic carbocycles. The summed E-state index contributed by atoms with van der Waals surface area (Å²) in [6, 6.07) is 8.21. The number of benzene rings is 1. The van der Waals surface area contributed by atoms with Crippen molar-refractivity contribution in [2.45, 2.75) is 25.4 Å². The number of nitrogens with two attached hydrogens (primary N) is 1. The van der Waals surface area contributed by atoms with Gasteiger partial charge in [-0.25, -0.2) is 0 Å². The summed E-state index contributed by atoms with van der Waals surface area (Å²) in [4.78, 5) is 15.7.